The molecule has 0 saturated carbocycles. The highest BCUT2D eigenvalue weighted by Crippen LogP contribution is 2.54. The van der Waals surface area contributed by atoms with Gasteiger partial charge in [-0.15, -0.1) is 0 Å². The van der Waals surface area contributed by atoms with Crippen LogP contribution in [0.25, 0.3) is 0 Å². The largest absolute Gasteiger partial charge is 0.393 e. The summed E-state index contributed by atoms with van der Waals surface area (Å²) in [6.45, 7) is 15.4. The lowest BCUT2D eigenvalue weighted by Gasteiger charge is -2.47. The van der Waals surface area contributed by atoms with Gasteiger partial charge in [-0.1, -0.05) is 33.9 Å². The molecule has 0 aromatic heterocycles. The number of fused-ring (bicyclic) bond motifs is 6. The molecule has 0 amide bonds. The summed E-state index contributed by atoms with van der Waals surface area (Å²) in [5, 5.41) is 10.6. The Morgan fingerprint density at radius 3 is 2.33 bits per heavy atom. The molecule has 10 fully saturated rings. The molecule has 51 heavy (non-hydrogen) atoms. The SMILES string of the molecule is C=C1CC2CC[C@@]34C[C@H]5O[C@H]6[C@@H](O3)[C@H]3OC(CC[C@@H]3O[C@H]6C5O4)CC(=O)C[C@H]3C(C[C@H]4OC(CC[C@@H]1O2)C[C@@H](C)C4=C)O[C@H](C[C@H](O)CC)[C@@H]3C. The molecule has 0 aromatic rings. The lowest BCUT2D eigenvalue weighted by atomic mass is 9.78. The van der Waals surface area contributed by atoms with Crippen molar-refractivity contribution in [1.82, 2.24) is 0 Å². The van der Waals surface area contributed by atoms with Gasteiger partial charge in [-0.05, 0) is 86.7 Å². The van der Waals surface area contributed by atoms with Crippen LogP contribution in [0.4, 0.5) is 0 Å². The van der Waals surface area contributed by atoms with Crippen molar-refractivity contribution in [2.75, 3.05) is 0 Å². The number of carbonyl (C=O) groups is 1. The van der Waals surface area contributed by atoms with E-state index in [1.807, 2.05) is 6.92 Å². The van der Waals surface area contributed by atoms with Crippen molar-refractivity contribution in [2.24, 2.45) is 17.8 Å². The van der Waals surface area contributed by atoms with E-state index in [1.54, 1.807) is 0 Å². The topological polar surface area (TPSA) is 111 Å². The van der Waals surface area contributed by atoms with Crippen molar-refractivity contribution >= 4 is 5.78 Å². The number of ketones is 1. The molecule has 0 aliphatic carbocycles. The standard InChI is InChI=1S/C41H60O10/c1-6-24(42)17-32-23(5)29-16-25(43)15-27-8-10-31-36(46-27)40-39-38(48-31)37-35(49-39)19-41(50-37,51-40)12-11-28-14-21(3)30(44-28)9-7-26-13-20(2)22(4)33(45-26)18-34(29)47-32/h20,23-24,26-40,42H,3-4,6-19H2,1-2,5H3/t20-,23-,24-,26?,27?,28?,29-,30+,31+,32-,33-,34?,35-,36+,37?,38+,39-,40+,41+/m1/s1. The molecule has 10 heteroatoms. The van der Waals surface area contributed by atoms with Gasteiger partial charge < -0.3 is 43.0 Å². The fourth-order valence-electron chi connectivity index (χ4n) is 11.3. The maximum atomic E-state index is 14.0. The zero-order chi connectivity index (χ0) is 35.2. The predicted molar refractivity (Wildman–Crippen MR) is 186 cm³/mol. The second-order valence-electron chi connectivity index (χ2n) is 17.8. The highest BCUT2D eigenvalue weighted by atomic mass is 16.8. The van der Waals surface area contributed by atoms with E-state index < -0.39 is 11.9 Å². The van der Waals surface area contributed by atoms with Crippen LogP contribution in [0, 0.1) is 17.8 Å². The summed E-state index contributed by atoms with van der Waals surface area (Å²) < 4.78 is 54.1. The van der Waals surface area contributed by atoms with Gasteiger partial charge >= 0.3 is 0 Å². The van der Waals surface area contributed by atoms with Crippen molar-refractivity contribution in [2.45, 2.75) is 208 Å². The first kappa shape index (κ1) is 35.5. The van der Waals surface area contributed by atoms with Crippen LogP contribution in [0.1, 0.15) is 111 Å². The van der Waals surface area contributed by atoms with Crippen molar-refractivity contribution in [3.05, 3.63) is 24.3 Å². The van der Waals surface area contributed by atoms with Crippen LogP contribution in [-0.4, -0.2) is 108 Å². The third-order valence-corrected chi connectivity index (χ3v) is 14.4. The van der Waals surface area contributed by atoms with Crippen LogP contribution in [0.15, 0.2) is 24.3 Å². The Balaban J connectivity index is 0.986. The molecule has 1 N–H and O–H groups in total. The number of Topliss-reactive ketones (excluding diaryl/α,β-unsaturated/α-hetero) is 1. The molecule has 10 aliphatic heterocycles. The summed E-state index contributed by atoms with van der Waals surface area (Å²) in [6, 6.07) is 0. The fourth-order valence-corrected chi connectivity index (χ4v) is 11.3. The minimum absolute atomic E-state index is 0.0115. The van der Waals surface area contributed by atoms with Crippen LogP contribution >= 0.6 is 0 Å². The Bertz CT molecular complexity index is 1350. The number of hydrogen-bond donors (Lipinski definition) is 1. The summed E-state index contributed by atoms with van der Waals surface area (Å²) in [7, 11) is 0. The number of hydrogen-bond acceptors (Lipinski definition) is 10. The van der Waals surface area contributed by atoms with E-state index in [2.05, 4.69) is 27.0 Å². The summed E-state index contributed by atoms with van der Waals surface area (Å²) in [6.07, 6.45) is 7.89. The first-order valence-electron chi connectivity index (χ1n) is 20.4. The molecular weight excluding hydrogens is 652 g/mol. The van der Waals surface area contributed by atoms with Gasteiger partial charge in [0.1, 0.15) is 36.3 Å². The molecular formula is C41H60O10. The lowest BCUT2D eigenvalue weighted by Crippen LogP contribution is -2.61. The normalized spacial score (nSPS) is 53.2. The van der Waals surface area contributed by atoms with E-state index in [-0.39, 0.29) is 103 Å². The third kappa shape index (κ3) is 6.54. The monoisotopic (exact) mass is 712 g/mol. The maximum absolute atomic E-state index is 14.0. The molecule has 10 heterocycles. The van der Waals surface area contributed by atoms with Gasteiger partial charge in [-0.25, -0.2) is 0 Å². The van der Waals surface area contributed by atoms with E-state index in [0.717, 1.165) is 62.5 Å². The van der Waals surface area contributed by atoms with Gasteiger partial charge in [0.05, 0.1) is 61.0 Å². The molecule has 0 radical (unpaired) electrons. The van der Waals surface area contributed by atoms with Gasteiger partial charge in [0, 0.05) is 32.1 Å². The van der Waals surface area contributed by atoms with Crippen LogP contribution in [0.5, 0.6) is 0 Å². The lowest BCUT2D eigenvalue weighted by molar-refractivity contribution is -0.292. The number of ether oxygens (including phenoxy) is 8. The molecule has 10 nitrogen and oxygen atoms in total. The molecule has 10 saturated heterocycles. The first-order valence-corrected chi connectivity index (χ1v) is 20.4. The van der Waals surface area contributed by atoms with E-state index in [9.17, 15) is 9.90 Å². The highest BCUT2D eigenvalue weighted by Gasteiger charge is 2.68. The second-order valence-corrected chi connectivity index (χ2v) is 17.8. The Hall–Kier alpha value is -1.21. The minimum atomic E-state index is -0.757. The average Bonchev–Trinajstić information content (AvgIpc) is 3.77. The maximum Gasteiger partial charge on any atom is 0.172 e. The molecule has 284 valence electrons. The van der Waals surface area contributed by atoms with Gasteiger partial charge in [-0.3, -0.25) is 4.79 Å². The number of aliphatic hydroxyl groups excluding tert-OH is 1. The Morgan fingerprint density at radius 1 is 0.745 bits per heavy atom. The summed E-state index contributed by atoms with van der Waals surface area (Å²) in [5.41, 5.74) is 2.28. The zero-order valence-electron chi connectivity index (χ0n) is 30.8. The second kappa shape index (κ2) is 13.8. The van der Waals surface area contributed by atoms with Gasteiger partial charge in [0.15, 0.2) is 5.79 Å². The van der Waals surface area contributed by atoms with Gasteiger partial charge in [0.2, 0.25) is 0 Å². The van der Waals surface area contributed by atoms with Crippen LogP contribution in [0.3, 0.4) is 0 Å². The quantitative estimate of drug-likeness (QED) is 0.376. The Labute approximate surface area is 303 Å². The van der Waals surface area contributed by atoms with Crippen LogP contribution in [-0.2, 0) is 42.7 Å². The Kier molecular flexibility index (Phi) is 9.62. The summed E-state index contributed by atoms with van der Waals surface area (Å²) in [4.78, 5) is 14.0. The number of carbonyl (C=O) groups excluding carboxylic acids is 1. The average molecular weight is 713 g/mol. The predicted octanol–water partition coefficient (Wildman–Crippen LogP) is 5.51. The molecule has 5 unspecified atom stereocenters. The first-order chi connectivity index (χ1) is 24.6. The van der Waals surface area contributed by atoms with E-state index in [1.165, 1.54) is 0 Å². The molecule has 0 aromatic carbocycles. The molecule has 10 aliphatic rings. The number of rotatable bonds is 3. The highest BCUT2D eigenvalue weighted by molar-refractivity contribution is 5.79. The van der Waals surface area contributed by atoms with Crippen molar-refractivity contribution in [3.63, 3.8) is 0 Å². The van der Waals surface area contributed by atoms with Crippen molar-refractivity contribution in [1.29, 1.82) is 0 Å². The molecule has 12 bridgehead atoms. The van der Waals surface area contributed by atoms with Crippen LogP contribution in [0.2, 0.25) is 0 Å². The molecule has 10 rings (SSSR count). The van der Waals surface area contributed by atoms with Crippen molar-refractivity contribution < 1.29 is 47.8 Å². The van der Waals surface area contributed by atoms with E-state index in [0.29, 0.717) is 44.4 Å². The Morgan fingerprint density at radius 2 is 1.49 bits per heavy atom. The fraction of sp³-hybridized carbons (Fsp3) is 0.878. The zero-order valence-corrected chi connectivity index (χ0v) is 30.8. The van der Waals surface area contributed by atoms with Crippen molar-refractivity contribution in [3.8, 4) is 0 Å². The summed E-state index contributed by atoms with van der Waals surface area (Å²) in [5.74, 6) is -0.0766. The van der Waals surface area contributed by atoms with Gasteiger partial charge in [-0.2, -0.15) is 0 Å². The summed E-state index contributed by atoms with van der Waals surface area (Å²) >= 11 is 0. The minimum Gasteiger partial charge on any atom is -0.393 e. The van der Waals surface area contributed by atoms with Crippen LogP contribution < -0.4 is 0 Å². The molecule has 1 spiro atoms. The molecule has 19 atom stereocenters. The van der Waals surface area contributed by atoms with Gasteiger partial charge in [0.25, 0.3) is 0 Å². The smallest absolute Gasteiger partial charge is 0.172 e. The van der Waals surface area contributed by atoms with E-state index in [4.69, 9.17) is 37.9 Å². The van der Waals surface area contributed by atoms with E-state index >= 15 is 0 Å². The third-order valence-electron chi connectivity index (χ3n) is 14.4. The number of aliphatic hydroxyl groups is 1.